The van der Waals surface area contributed by atoms with Crippen molar-refractivity contribution in [3.63, 3.8) is 0 Å². The molecule has 33 heavy (non-hydrogen) atoms. The third-order valence-electron chi connectivity index (χ3n) is 4.30. The van der Waals surface area contributed by atoms with E-state index in [2.05, 4.69) is 15.0 Å². The number of aromatic carboxylic acids is 1. The molecule has 0 bridgehead atoms. The van der Waals surface area contributed by atoms with Crippen LogP contribution in [-0.2, 0) is 0 Å². The number of rotatable bonds is 2. The first-order valence-corrected chi connectivity index (χ1v) is 9.87. The Labute approximate surface area is 190 Å². The van der Waals surface area contributed by atoms with E-state index in [0.29, 0.717) is 11.1 Å². The number of carboxylic acids is 1. The average Bonchev–Trinajstić information content (AvgIpc) is 2.87. The van der Waals surface area contributed by atoms with Gasteiger partial charge >= 0.3 is 0 Å². The summed E-state index contributed by atoms with van der Waals surface area (Å²) in [7, 11) is 0. The van der Waals surface area contributed by atoms with Gasteiger partial charge in [-0.05, 0) is 41.3 Å². The van der Waals surface area contributed by atoms with Crippen molar-refractivity contribution in [1.29, 1.82) is 0 Å². The van der Waals surface area contributed by atoms with E-state index < -0.39 is 5.97 Å². The van der Waals surface area contributed by atoms with Crippen molar-refractivity contribution in [1.82, 2.24) is 15.0 Å². The molecule has 0 saturated heterocycles. The Bertz CT molecular complexity index is 1310. The van der Waals surface area contributed by atoms with E-state index in [4.69, 9.17) is 0 Å². The molecule has 7 nitrogen and oxygen atoms in total. The molecular weight excluding hydrogens is 418 g/mol. The van der Waals surface area contributed by atoms with Gasteiger partial charge in [-0.1, -0.05) is 72.2 Å². The first-order chi connectivity index (χ1) is 16.1. The highest BCUT2D eigenvalue weighted by Crippen LogP contribution is 2.23. The van der Waals surface area contributed by atoms with Gasteiger partial charge in [0.25, 0.3) is 0 Å². The fraction of sp³-hybridized carbons (Fsp3) is 0. The van der Waals surface area contributed by atoms with Crippen LogP contribution >= 0.6 is 0 Å². The minimum Gasteiger partial charge on any atom is -0.872 e. The molecule has 0 N–H and O–H groups in total. The standard InChI is InChI=1S/C11H9NO.C9H7NO.C6H5NO2/c13-11-7-2-1-5-9(11)10-6-3-4-8-12-10;11-8-5-1-3-7-4-2-6-10-9(7)8;8-6(9)5-3-1-2-4-7-5/h1-8,13H;1-6,11H;1-4H,(H,8,9)/p-3. The van der Waals surface area contributed by atoms with Crippen LogP contribution < -0.4 is 15.3 Å². The molecule has 2 aromatic carbocycles. The summed E-state index contributed by atoms with van der Waals surface area (Å²) in [6.45, 7) is 0. The number of nitrogens with zero attached hydrogens (tertiary/aromatic N) is 3. The van der Waals surface area contributed by atoms with Crippen LogP contribution in [-0.4, -0.2) is 20.9 Å². The van der Waals surface area contributed by atoms with Gasteiger partial charge in [0.2, 0.25) is 0 Å². The molecule has 0 aliphatic rings. The lowest BCUT2D eigenvalue weighted by atomic mass is 10.1. The minimum atomic E-state index is -1.24. The highest BCUT2D eigenvalue weighted by Gasteiger charge is 1.96. The van der Waals surface area contributed by atoms with Gasteiger partial charge in [0.05, 0.1) is 22.9 Å². The van der Waals surface area contributed by atoms with Crippen LogP contribution in [0.1, 0.15) is 10.5 Å². The summed E-state index contributed by atoms with van der Waals surface area (Å²) in [6, 6.07) is 25.9. The molecule has 164 valence electrons. The van der Waals surface area contributed by atoms with Gasteiger partial charge in [0.1, 0.15) is 0 Å². The number of carbonyl (C=O) groups is 1. The predicted molar refractivity (Wildman–Crippen MR) is 119 cm³/mol. The Kier molecular flexibility index (Phi) is 8.03. The summed E-state index contributed by atoms with van der Waals surface area (Å²) >= 11 is 0. The Hall–Kier alpha value is -4.78. The van der Waals surface area contributed by atoms with Crippen LogP contribution in [0, 0.1) is 0 Å². The van der Waals surface area contributed by atoms with Gasteiger partial charge in [0.15, 0.2) is 0 Å². The van der Waals surface area contributed by atoms with Crippen LogP contribution in [0.2, 0.25) is 0 Å². The number of fused-ring (bicyclic) bond motifs is 1. The van der Waals surface area contributed by atoms with E-state index >= 15 is 0 Å². The predicted octanol–water partition coefficient (Wildman–Crippen LogP) is 2.58. The van der Waals surface area contributed by atoms with E-state index in [1.54, 1.807) is 48.8 Å². The largest absolute Gasteiger partial charge is 0.872 e. The molecule has 0 aliphatic heterocycles. The molecule has 5 aromatic rings. The summed E-state index contributed by atoms with van der Waals surface area (Å²) in [5, 5.41) is 33.4. The molecule has 0 radical (unpaired) electrons. The summed E-state index contributed by atoms with van der Waals surface area (Å²) < 4.78 is 0. The quantitative estimate of drug-likeness (QED) is 0.416. The van der Waals surface area contributed by atoms with Crippen LogP contribution in [0.3, 0.4) is 0 Å². The molecule has 5 rings (SSSR count). The van der Waals surface area contributed by atoms with Crippen LogP contribution in [0.4, 0.5) is 0 Å². The van der Waals surface area contributed by atoms with Crippen molar-refractivity contribution in [3.05, 3.63) is 115 Å². The van der Waals surface area contributed by atoms with Crippen molar-refractivity contribution >= 4 is 16.9 Å². The second-order valence-electron chi connectivity index (χ2n) is 6.54. The Balaban J connectivity index is 0.000000142. The maximum absolute atomic E-state index is 11.4. The molecule has 0 fully saturated rings. The number of pyridine rings is 3. The molecule has 0 unspecified atom stereocenters. The zero-order chi connectivity index (χ0) is 23.5. The van der Waals surface area contributed by atoms with Gasteiger partial charge in [0, 0.05) is 18.6 Å². The lowest BCUT2D eigenvalue weighted by Gasteiger charge is -2.11. The summed E-state index contributed by atoms with van der Waals surface area (Å²) in [5.74, 6) is -1.24. The number of carbonyl (C=O) groups excluding carboxylic acids is 1. The molecule has 0 aliphatic carbocycles. The van der Waals surface area contributed by atoms with Gasteiger partial charge < -0.3 is 20.1 Å². The SMILES string of the molecule is O=C([O-])c1ccccn1.[O-]c1cccc2cccnc12.[O-]c1ccccc1-c1ccccn1. The van der Waals surface area contributed by atoms with Crippen molar-refractivity contribution in [2.75, 3.05) is 0 Å². The zero-order valence-corrected chi connectivity index (χ0v) is 17.4. The zero-order valence-electron chi connectivity index (χ0n) is 17.4. The second-order valence-corrected chi connectivity index (χ2v) is 6.54. The fourth-order valence-electron chi connectivity index (χ4n) is 2.76. The maximum atomic E-state index is 11.4. The van der Waals surface area contributed by atoms with Gasteiger partial charge in [-0.3, -0.25) is 15.0 Å². The average molecular weight is 436 g/mol. The molecule has 7 heteroatoms. The topological polar surface area (TPSA) is 125 Å². The van der Waals surface area contributed by atoms with E-state index in [1.165, 1.54) is 18.3 Å². The second kappa shape index (κ2) is 11.6. The number of para-hydroxylation sites is 2. The van der Waals surface area contributed by atoms with Crippen molar-refractivity contribution in [2.45, 2.75) is 0 Å². The van der Waals surface area contributed by atoms with Crippen LogP contribution in [0.5, 0.6) is 11.5 Å². The van der Waals surface area contributed by atoms with Crippen LogP contribution in [0.25, 0.3) is 22.2 Å². The van der Waals surface area contributed by atoms with E-state index in [-0.39, 0.29) is 17.2 Å². The van der Waals surface area contributed by atoms with Gasteiger partial charge in [-0.15, -0.1) is 0 Å². The Morgan fingerprint density at radius 2 is 1.24 bits per heavy atom. The fourth-order valence-corrected chi connectivity index (χ4v) is 2.76. The molecule has 0 atom stereocenters. The number of hydrogen-bond donors (Lipinski definition) is 0. The normalized spacial score (nSPS) is 9.70. The van der Waals surface area contributed by atoms with Crippen molar-refractivity contribution in [3.8, 4) is 22.8 Å². The molecular formula is C26H18N3O4-3. The highest BCUT2D eigenvalue weighted by molar-refractivity contribution is 5.83. The van der Waals surface area contributed by atoms with Crippen LogP contribution in [0.15, 0.2) is 110 Å². The van der Waals surface area contributed by atoms with Gasteiger partial charge in [-0.2, -0.15) is 0 Å². The summed E-state index contributed by atoms with van der Waals surface area (Å²) in [6.07, 6.45) is 4.72. The first-order valence-electron chi connectivity index (χ1n) is 9.87. The lowest BCUT2D eigenvalue weighted by Crippen LogP contribution is -2.23. The van der Waals surface area contributed by atoms with E-state index in [9.17, 15) is 20.1 Å². The molecule has 0 saturated carbocycles. The van der Waals surface area contributed by atoms with Gasteiger partial charge in [-0.25, -0.2) is 0 Å². The molecule has 0 amide bonds. The lowest BCUT2D eigenvalue weighted by molar-refractivity contribution is -0.267. The molecule has 3 aromatic heterocycles. The highest BCUT2D eigenvalue weighted by atomic mass is 16.4. The number of aromatic nitrogens is 3. The first kappa shape index (κ1) is 22.9. The molecule has 3 heterocycles. The monoisotopic (exact) mass is 436 g/mol. The summed E-state index contributed by atoms with van der Waals surface area (Å²) in [4.78, 5) is 21.6. The molecule has 0 spiro atoms. The number of benzene rings is 2. The maximum Gasteiger partial charge on any atom is 0.0899 e. The van der Waals surface area contributed by atoms with E-state index in [1.807, 2.05) is 42.5 Å². The third kappa shape index (κ3) is 6.60. The Morgan fingerprint density at radius 3 is 1.85 bits per heavy atom. The Morgan fingerprint density at radius 1 is 0.606 bits per heavy atom. The number of carboxylic acid groups (broad SMARTS) is 1. The minimum absolute atomic E-state index is 0.0110. The third-order valence-corrected chi connectivity index (χ3v) is 4.30. The summed E-state index contributed by atoms with van der Waals surface area (Å²) in [5.41, 5.74) is 1.91. The smallest absolute Gasteiger partial charge is 0.0899 e. The van der Waals surface area contributed by atoms with Crippen molar-refractivity contribution in [2.24, 2.45) is 0 Å². The van der Waals surface area contributed by atoms with Crippen molar-refractivity contribution < 1.29 is 20.1 Å². The van der Waals surface area contributed by atoms with E-state index in [0.717, 1.165) is 11.1 Å². The number of hydrogen-bond acceptors (Lipinski definition) is 7.